The van der Waals surface area contributed by atoms with E-state index < -0.39 is 17.6 Å². The maximum absolute atomic E-state index is 14.0. The molecule has 9 heteroatoms. The molecule has 1 aromatic heterocycles. The Morgan fingerprint density at radius 2 is 1.83 bits per heavy atom. The van der Waals surface area contributed by atoms with Gasteiger partial charge in [-0.15, -0.1) is 0 Å². The molecule has 0 aliphatic carbocycles. The monoisotopic (exact) mass is 507 g/mol. The zero-order chi connectivity index (χ0) is 24.9. The first kappa shape index (κ1) is 23.3. The van der Waals surface area contributed by atoms with Gasteiger partial charge in [0.25, 0.3) is 11.5 Å². The van der Waals surface area contributed by atoms with Crippen LogP contribution in [-0.2, 0) is 14.3 Å². The van der Waals surface area contributed by atoms with Gasteiger partial charge in [0.1, 0.15) is 10.6 Å². The summed E-state index contributed by atoms with van der Waals surface area (Å²) in [5.41, 5.74) is 2.70. The first-order valence-electron chi connectivity index (χ1n) is 11.3. The third kappa shape index (κ3) is 3.56. The van der Waals surface area contributed by atoms with Gasteiger partial charge in [-0.2, -0.15) is 0 Å². The fraction of sp³-hybridized carbons (Fsp3) is 0.231. The zero-order valence-electron chi connectivity index (χ0n) is 19.4. The lowest BCUT2D eigenvalue weighted by Gasteiger charge is -2.25. The smallest absolute Gasteiger partial charge is 0.338 e. The molecule has 35 heavy (non-hydrogen) atoms. The van der Waals surface area contributed by atoms with Crippen molar-refractivity contribution in [3.8, 4) is 0 Å². The van der Waals surface area contributed by atoms with E-state index in [0.717, 1.165) is 17.0 Å². The second-order valence-corrected chi connectivity index (χ2v) is 9.47. The maximum Gasteiger partial charge on any atom is 0.338 e. The van der Waals surface area contributed by atoms with Gasteiger partial charge in [0, 0.05) is 17.1 Å². The maximum atomic E-state index is 14.0. The van der Waals surface area contributed by atoms with Crippen LogP contribution in [0.2, 0.25) is 5.02 Å². The van der Waals surface area contributed by atoms with Gasteiger partial charge in [-0.05, 0) is 38.5 Å². The molecule has 0 fully saturated rings. The Balaban J connectivity index is 1.85. The van der Waals surface area contributed by atoms with Crippen LogP contribution in [0.1, 0.15) is 37.9 Å². The number of halogens is 1. The summed E-state index contributed by atoms with van der Waals surface area (Å²) in [4.78, 5) is 47.0. The number of benzene rings is 2. The highest BCUT2D eigenvalue weighted by Gasteiger charge is 2.37. The molecule has 2 aromatic carbocycles. The molecule has 5 rings (SSSR count). The summed E-state index contributed by atoms with van der Waals surface area (Å²) in [5, 5.41) is 0.409. The predicted molar refractivity (Wildman–Crippen MR) is 135 cm³/mol. The van der Waals surface area contributed by atoms with Gasteiger partial charge in [-0.1, -0.05) is 59.3 Å². The Bertz CT molecular complexity index is 1600. The predicted octanol–water partition coefficient (Wildman–Crippen LogP) is 3.19. The van der Waals surface area contributed by atoms with Crippen LogP contribution in [0.5, 0.6) is 0 Å². The Morgan fingerprint density at radius 3 is 2.54 bits per heavy atom. The van der Waals surface area contributed by atoms with Crippen LogP contribution in [0.4, 0.5) is 5.69 Å². The lowest BCUT2D eigenvalue weighted by Crippen LogP contribution is -2.41. The number of aromatic nitrogens is 1. The lowest BCUT2D eigenvalue weighted by molar-refractivity contribution is -0.139. The van der Waals surface area contributed by atoms with E-state index in [9.17, 15) is 14.4 Å². The molecule has 3 aromatic rings. The number of esters is 1. The number of rotatable bonds is 4. The van der Waals surface area contributed by atoms with E-state index in [2.05, 4.69) is 4.99 Å². The van der Waals surface area contributed by atoms with Crippen molar-refractivity contribution in [1.82, 2.24) is 4.57 Å². The summed E-state index contributed by atoms with van der Waals surface area (Å²) >= 11 is 7.69. The summed E-state index contributed by atoms with van der Waals surface area (Å²) in [6.07, 6.45) is 0. The normalized spacial score (nSPS) is 18.3. The quantitative estimate of drug-likeness (QED) is 0.508. The van der Waals surface area contributed by atoms with Gasteiger partial charge < -0.3 is 9.64 Å². The van der Waals surface area contributed by atoms with Crippen LogP contribution in [0.25, 0.3) is 5.57 Å². The van der Waals surface area contributed by atoms with Crippen LogP contribution >= 0.6 is 22.9 Å². The highest BCUT2D eigenvalue weighted by Crippen LogP contribution is 2.36. The molecule has 0 saturated heterocycles. The minimum absolute atomic E-state index is 0.178. The summed E-state index contributed by atoms with van der Waals surface area (Å²) in [5.74, 6) is -0.786. The molecule has 7 nitrogen and oxygen atoms in total. The topological polar surface area (TPSA) is 81.0 Å². The van der Waals surface area contributed by atoms with E-state index in [4.69, 9.17) is 16.3 Å². The molecule has 0 spiro atoms. The first-order valence-corrected chi connectivity index (χ1v) is 12.5. The van der Waals surface area contributed by atoms with Gasteiger partial charge >= 0.3 is 5.97 Å². The number of carbonyl (C=O) groups is 2. The van der Waals surface area contributed by atoms with E-state index in [1.54, 1.807) is 43.0 Å². The summed E-state index contributed by atoms with van der Waals surface area (Å²) in [6, 6.07) is 13.7. The number of carbonyl (C=O) groups excluding carboxylic acids is 2. The molecule has 1 amide bonds. The highest BCUT2D eigenvalue weighted by atomic mass is 35.5. The standard InChI is InChI=1S/C26H22ClN3O4S/c1-4-29-18-13-9-7-11-16(18)20(23(29)31)22-24(32)30-21(15-10-6-8-12-17(15)27)19(25(33)34-5-2)14(3)28-26(30)35-22/h6-13,21H,4-5H2,1-3H3/b22-20-/t21-/m1/s1. The molecule has 0 radical (unpaired) electrons. The minimum Gasteiger partial charge on any atom is -0.463 e. The lowest BCUT2D eigenvalue weighted by atomic mass is 9.96. The number of allylic oxidation sites excluding steroid dienone is 1. The second-order valence-electron chi connectivity index (χ2n) is 8.09. The van der Waals surface area contributed by atoms with Crippen LogP contribution in [0, 0.1) is 0 Å². The highest BCUT2D eigenvalue weighted by molar-refractivity contribution is 7.07. The summed E-state index contributed by atoms with van der Waals surface area (Å²) < 4.78 is 7.06. The summed E-state index contributed by atoms with van der Waals surface area (Å²) in [6.45, 7) is 5.98. The average molecular weight is 508 g/mol. The zero-order valence-corrected chi connectivity index (χ0v) is 20.9. The van der Waals surface area contributed by atoms with Gasteiger partial charge in [0.05, 0.1) is 29.1 Å². The molecular formula is C26H22ClN3O4S. The van der Waals surface area contributed by atoms with Gasteiger partial charge in [-0.25, -0.2) is 9.79 Å². The van der Waals surface area contributed by atoms with E-state index in [0.29, 0.717) is 38.8 Å². The van der Waals surface area contributed by atoms with Crippen LogP contribution in [0.15, 0.2) is 69.6 Å². The molecule has 0 N–H and O–H groups in total. The fourth-order valence-corrected chi connectivity index (χ4v) is 6.02. The van der Waals surface area contributed by atoms with E-state index in [1.807, 2.05) is 31.2 Å². The molecule has 0 saturated carbocycles. The van der Waals surface area contributed by atoms with Crippen molar-refractivity contribution in [3.63, 3.8) is 0 Å². The second kappa shape index (κ2) is 8.94. The van der Waals surface area contributed by atoms with Crippen molar-refractivity contribution in [2.24, 2.45) is 4.99 Å². The number of anilines is 1. The van der Waals surface area contributed by atoms with Crippen molar-refractivity contribution in [3.05, 3.63) is 95.6 Å². The molecule has 0 bridgehead atoms. The Hall–Kier alpha value is -3.49. The van der Waals surface area contributed by atoms with E-state index in [-0.39, 0.29) is 22.6 Å². The minimum atomic E-state index is -0.831. The largest absolute Gasteiger partial charge is 0.463 e. The summed E-state index contributed by atoms with van der Waals surface area (Å²) in [7, 11) is 0. The molecule has 2 aliphatic rings. The van der Waals surface area contributed by atoms with E-state index >= 15 is 0 Å². The van der Waals surface area contributed by atoms with Crippen LogP contribution in [0.3, 0.4) is 0 Å². The number of hydrogen-bond acceptors (Lipinski definition) is 6. The number of nitrogens with zero attached hydrogens (tertiary/aromatic N) is 3. The number of fused-ring (bicyclic) bond motifs is 2. The van der Waals surface area contributed by atoms with Crippen molar-refractivity contribution in [1.29, 1.82) is 0 Å². The van der Waals surface area contributed by atoms with Crippen LogP contribution in [-0.4, -0.2) is 29.6 Å². The SMILES string of the molecule is CCOC(=O)C1=C(C)N=c2s/c(=C3\C(=O)N(CC)c4ccccc43)c(=O)n2[C@@H]1c1ccccc1Cl. The number of likely N-dealkylation sites (N-methyl/N-ethyl adjacent to an activating group) is 1. The van der Waals surface area contributed by atoms with Gasteiger partial charge in [0.15, 0.2) is 4.80 Å². The third-order valence-corrected chi connectivity index (χ3v) is 7.56. The average Bonchev–Trinajstić information content (AvgIpc) is 3.30. The number of thiazole rings is 1. The molecule has 2 aliphatic heterocycles. The van der Waals surface area contributed by atoms with Crippen molar-refractivity contribution >= 4 is 46.1 Å². The Labute approximate surface area is 210 Å². The molecule has 1 atom stereocenters. The van der Waals surface area contributed by atoms with Gasteiger partial charge in [-0.3, -0.25) is 14.2 Å². The molecule has 0 unspecified atom stereocenters. The number of hydrogen-bond donors (Lipinski definition) is 0. The van der Waals surface area contributed by atoms with Crippen molar-refractivity contribution < 1.29 is 14.3 Å². The van der Waals surface area contributed by atoms with Crippen molar-refractivity contribution in [2.75, 3.05) is 18.1 Å². The number of ether oxygens (including phenoxy) is 1. The Morgan fingerprint density at radius 1 is 1.11 bits per heavy atom. The molecule has 3 heterocycles. The van der Waals surface area contributed by atoms with E-state index in [1.165, 1.54) is 4.57 Å². The third-order valence-electron chi connectivity index (χ3n) is 6.16. The van der Waals surface area contributed by atoms with Crippen molar-refractivity contribution in [2.45, 2.75) is 26.8 Å². The number of amides is 1. The number of para-hydroxylation sites is 1. The van der Waals surface area contributed by atoms with Crippen LogP contribution < -0.4 is 19.8 Å². The molecule has 178 valence electrons. The molecular weight excluding hydrogens is 486 g/mol. The fourth-order valence-electron chi connectivity index (χ4n) is 4.65. The Kier molecular flexibility index (Phi) is 5.94. The van der Waals surface area contributed by atoms with Gasteiger partial charge in [0.2, 0.25) is 0 Å². The first-order chi connectivity index (χ1) is 16.9.